The Morgan fingerprint density at radius 2 is 1.92 bits per heavy atom. The molecular formula is C11H14O2. The number of aryl methyl sites for hydroxylation is 1. The minimum atomic E-state index is 0.739. The zero-order valence-electron chi connectivity index (χ0n) is 8.26. The summed E-state index contributed by atoms with van der Waals surface area (Å²) in [5.41, 5.74) is 2.12. The monoisotopic (exact) mass is 178 g/mol. The molecule has 0 aromatic heterocycles. The number of benzene rings is 1. The first kappa shape index (κ1) is 9.65. The van der Waals surface area contributed by atoms with Gasteiger partial charge < -0.3 is 9.47 Å². The molecule has 0 unspecified atom stereocenters. The Morgan fingerprint density at radius 3 is 2.38 bits per heavy atom. The second kappa shape index (κ2) is 3.99. The first-order valence-corrected chi connectivity index (χ1v) is 4.08. The molecule has 0 amide bonds. The number of hydrogen-bond donors (Lipinski definition) is 0. The Labute approximate surface area is 78.8 Å². The van der Waals surface area contributed by atoms with Gasteiger partial charge in [0.05, 0.1) is 14.2 Å². The minimum Gasteiger partial charge on any atom is -0.493 e. The molecule has 0 bridgehead atoms. The topological polar surface area (TPSA) is 18.5 Å². The van der Waals surface area contributed by atoms with Crippen LogP contribution >= 0.6 is 0 Å². The lowest BCUT2D eigenvalue weighted by Gasteiger charge is -2.12. The van der Waals surface area contributed by atoms with Crippen LogP contribution < -0.4 is 9.47 Å². The van der Waals surface area contributed by atoms with Crippen molar-refractivity contribution in [2.45, 2.75) is 6.92 Å². The Kier molecular flexibility index (Phi) is 2.96. The molecule has 0 heterocycles. The zero-order valence-corrected chi connectivity index (χ0v) is 8.26. The van der Waals surface area contributed by atoms with Gasteiger partial charge in [0.2, 0.25) is 0 Å². The van der Waals surface area contributed by atoms with Gasteiger partial charge >= 0.3 is 0 Å². The Balaban J connectivity index is 3.36. The van der Waals surface area contributed by atoms with E-state index in [2.05, 4.69) is 6.58 Å². The van der Waals surface area contributed by atoms with Crippen molar-refractivity contribution in [1.29, 1.82) is 0 Å². The van der Waals surface area contributed by atoms with E-state index >= 15 is 0 Å². The molecule has 0 atom stereocenters. The molecule has 0 aliphatic rings. The summed E-state index contributed by atoms with van der Waals surface area (Å²) in [4.78, 5) is 0. The average molecular weight is 178 g/mol. The molecule has 0 aliphatic carbocycles. The van der Waals surface area contributed by atoms with Gasteiger partial charge in [-0.05, 0) is 18.6 Å². The van der Waals surface area contributed by atoms with Crippen molar-refractivity contribution in [3.05, 3.63) is 29.8 Å². The summed E-state index contributed by atoms with van der Waals surface area (Å²) < 4.78 is 10.4. The summed E-state index contributed by atoms with van der Waals surface area (Å²) in [5, 5.41) is 0. The van der Waals surface area contributed by atoms with Gasteiger partial charge in [-0.1, -0.05) is 18.7 Å². The van der Waals surface area contributed by atoms with Crippen molar-refractivity contribution >= 4 is 6.08 Å². The molecule has 0 radical (unpaired) electrons. The Hall–Kier alpha value is -1.44. The van der Waals surface area contributed by atoms with Crippen molar-refractivity contribution in [3.8, 4) is 11.5 Å². The van der Waals surface area contributed by atoms with Crippen molar-refractivity contribution in [2.75, 3.05) is 14.2 Å². The molecule has 0 saturated carbocycles. The van der Waals surface area contributed by atoms with Gasteiger partial charge in [0.25, 0.3) is 0 Å². The molecule has 0 fully saturated rings. The van der Waals surface area contributed by atoms with Crippen LogP contribution in [-0.2, 0) is 0 Å². The fourth-order valence-electron chi connectivity index (χ4n) is 1.30. The predicted molar refractivity (Wildman–Crippen MR) is 54.4 cm³/mol. The summed E-state index contributed by atoms with van der Waals surface area (Å²) in [6, 6.07) is 3.87. The van der Waals surface area contributed by atoms with Gasteiger partial charge in [0, 0.05) is 5.56 Å². The van der Waals surface area contributed by atoms with Crippen LogP contribution in [0.2, 0.25) is 0 Å². The van der Waals surface area contributed by atoms with Gasteiger partial charge in [-0.25, -0.2) is 0 Å². The summed E-state index contributed by atoms with van der Waals surface area (Å²) in [6.07, 6.45) is 1.77. The molecule has 2 nitrogen and oxygen atoms in total. The van der Waals surface area contributed by atoms with Gasteiger partial charge in [0.15, 0.2) is 11.5 Å². The number of rotatable bonds is 3. The number of hydrogen-bond acceptors (Lipinski definition) is 2. The van der Waals surface area contributed by atoms with E-state index in [0.29, 0.717) is 0 Å². The predicted octanol–water partition coefficient (Wildman–Crippen LogP) is 2.66. The van der Waals surface area contributed by atoms with Gasteiger partial charge in [-0.3, -0.25) is 0 Å². The van der Waals surface area contributed by atoms with E-state index in [9.17, 15) is 0 Å². The van der Waals surface area contributed by atoms with E-state index in [1.54, 1.807) is 20.3 Å². The van der Waals surface area contributed by atoms with E-state index in [1.807, 2.05) is 19.1 Å². The maximum atomic E-state index is 5.24. The van der Waals surface area contributed by atoms with Crippen molar-refractivity contribution < 1.29 is 9.47 Å². The van der Waals surface area contributed by atoms with Crippen LogP contribution in [0.5, 0.6) is 11.5 Å². The molecule has 1 rings (SSSR count). The highest BCUT2D eigenvalue weighted by atomic mass is 16.5. The second-order valence-corrected chi connectivity index (χ2v) is 2.74. The fourth-order valence-corrected chi connectivity index (χ4v) is 1.30. The van der Waals surface area contributed by atoms with Crippen molar-refractivity contribution in [3.63, 3.8) is 0 Å². The highest BCUT2D eigenvalue weighted by Gasteiger charge is 2.08. The third-order valence-electron chi connectivity index (χ3n) is 2.01. The maximum absolute atomic E-state index is 5.24. The zero-order chi connectivity index (χ0) is 9.84. The van der Waals surface area contributed by atoms with Gasteiger partial charge in [-0.15, -0.1) is 0 Å². The first-order valence-electron chi connectivity index (χ1n) is 4.08. The third-order valence-corrected chi connectivity index (χ3v) is 2.01. The molecule has 0 spiro atoms. The summed E-state index contributed by atoms with van der Waals surface area (Å²) in [7, 11) is 3.25. The molecule has 1 aromatic carbocycles. The number of ether oxygens (including phenoxy) is 2. The molecule has 70 valence electrons. The van der Waals surface area contributed by atoms with Crippen LogP contribution in [0.4, 0.5) is 0 Å². The second-order valence-electron chi connectivity index (χ2n) is 2.74. The lowest BCUT2D eigenvalue weighted by atomic mass is 10.1. The van der Waals surface area contributed by atoms with E-state index in [1.165, 1.54) is 0 Å². The number of methoxy groups -OCH3 is 2. The summed E-state index contributed by atoms with van der Waals surface area (Å²) >= 11 is 0. The summed E-state index contributed by atoms with van der Waals surface area (Å²) in [6.45, 7) is 5.75. The molecule has 13 heavy (non-hydrogen) atoms. The molecule has 2 heteroatoms. The third kappa shape index (κ3) is 1.66. The Bertz CT molecular complexity index is 316. The van der Waals surface area contributed by atoms with Crippen molar-refractivity contribution in [2.24, 2.45) is 0 Å². The quantitative estimate of drug-likeness (QED) is 0.708. The maximum Gasteiger partial charge on any atom is 0.168 e. The van der Waals surface area contributed by atoms with E-state index < -0.39 is 0 Å². The SMILES string of the molecule is C=Cc1c(C)ccc(OC)c1OC. The summed E-state index contributed by atoms with van der Waals surface area (Å²) in [5.74, 6) is 1.49. The standard InChI is InChI=1S/C11H14O2/c1-5-9-8(2)6-7-10(12-3)11(9)13-4/h5-7H,1H2,2-4H3. The lowest BCUT2D eigenvalue weighted by molar-refractivity contribution is 0.354. The molecular weight excluding hydrogens is 164 g/mol. The molecule has 1 aromatic rings. The van der Waals surface area contributed by atoms with E-state index in [0.717, 1.165) is 22.6 Å². The van der Waals surface area contributed by atoms with Crippen molar-refractivity contribution in [1.82, 2.24) is 0 Å². The molecule has 0 saturated heterocycles. The van der Waals surface area contributed by atoms with Crippen LogP contribution in [-0.4, -0.2) is 14.2 Å². The van der Waals surface area contributed by atoms with Crippen LogP contribution in [0.3, 0.4) is 0 Å². The molecule has 0 aliphatic heterocycles. The Morgan fingerprint density at radius 1 is 1.23 bits per heavy atom. The lowest BCUT2D eigenvalue weighted by Crippen LogP contribution is -1.94. The fraction of sp³-hybridized carbons (Fsp3) is 0.273. The van der Waals surface area contributed by atoms with Crippen LogP contribution in [0.25, 0.3) is 6.08 Å². The smallest absolute Gasteiger partial charge is 0.168 e. The van der Waals surface area contributed by atoms with E-state index in [4.69, 9.17) is 9.47 Å². The highest BCUT2D eigenvalue weighted by molar-refractivity contribution is 5.64. The highest BCUT2D eigenvalue weighted by Crippen LogP contribution is 2.33. The van der Waals surface area contributed by atoms with E-state index in [-0.39, 0.29) is 0 Å². The van der Waals surface area contributed by atoms with Crippen LogP contribution in [0, 0.1) is 6.92 Å². The largest absolute Gasteiger partial charge is 0.493 e. The normalized spacial score (nSPS) is 9.46. The van der Waals surface area contributed by atoms with Crippen LogP contribution in [0.1, 0.15) is 11.1 Å². The van der Waals surface area contributed by atoms with Gasteiger partial charge in [0.1, 0.15) is 0 Å². The van der Waals surface area contributed by atoms with Gasteiger partial charge in [-0.2, -0.15) is 0 Å². The first-order chi connectivity index (χ1) is 6.24. The average Bonchev–Trinajstić information content (AvgIpc) is 2.17. The molecule has 0 N–H and O–H groups in total. The minimum absolute atomic E-state index is 0.739. The van der Waals surface area contributed by atoms with Crippen LogP contribution in [0.15, 0.2) is 18.7 Å².